The fourth-order valence-electron chi connectivity index (χ4n) is 2.73. The van der Waals surface area contributed by atoms with E-state index in [1.54, 1.807) is 24.4 Å². The maximum absolute atomic E-state index is 12.5. The van der Waals surface area contributed by atoms with Gasteiger partial charge < -0.3 is 10.6 Å². The number of carbonyl (C=O) groups is 1. The molecule has 2 aromatic heterocycles. The predicted molar refractivity (Wildman–Crippen MR) is 111 cm³/mol. The fraction of sp³-hybridized carbons (Fsp3) is 0.0476. The molecule has 0 unspecified atom stereocenters. The molecular weight excluding hydrogens is 374 g/mol. The van der Waals surface area contributed by atoms with Crippen LogP contribution >= 0.6 is 11.6 Å². The van der Waals surface area contributed by atoms with Gasteiger partial charge >= 0.3 is 0 Å². The number of nitrogens with one attached hydrogen (secondary N) is 2. The number of fused-ring (bicyclic) bond motifs is 1. The van der Waals surface area contributed by atoms with Crippen molar-refractivity contribution in [3.63, 3.8) is 0 Å². The summed E-state index contributed by atoms with van der Waals surface area (Å²) >= 11 is 6.13. The summed E-state index contributed by atoms with van der Waals surface area (Å²) in [5.74, 6) is 0.166. The molecule has 0 saturated carbocycles. The van der Waals surface area contributed by atoms with Crippen molar-refractivity contribution < 1.29 is 4.79 Å². The Hall–Kier alpha value is -3.51. The van der Waals surface area contributed by atoms with Gasteiger partial charge in [0.25, 0.3) is 5.91 Å². The average molecular weight is 390 g/mol. The highest BCUT2D eigenvalue weighted by Crippen LogP contribution is 2.23. The van der Waals surface area contributed by atoms with Crippen LogP contribution < -0.4 is 10.6 Å². The molecule has 0 fully saturated rings. The lowest BCUT2D eigenvalue weighted by Gasteiger charge is -2.09. The number of anilines is 3. The van der Waals surface area contributed by atoms with Crippen LogP contribution in [0.1, 0.15) is 16.1 Å². The quantitative estimate of drug-likeness (QED) is 0.514. The lowest BCUT2D eigenvalue weighted by molar-refractivity contribution is 0.102. The number of nitrogens with zero attached hydrogens (tertiary/aromatic N) is 3. The van der Waals surface area contributed by atoms with Gasteiger partial charge in [-0.1, -0.05) is 35.9 Å². The van der Waals surface area contributed by atoms with Gasteiger partial charge in [0.05, 0.1) is 11.2 Å². The lowest BCUT2D eigenvalue weighted by atomic mass is 10.2. The molecule has 2 heterocycles. The number of para-hydroxylation sites is 1. The van der Waals surface area contributed by atoms with Crippen LogP contribution in [0, 0.1) is 6.92 Å². The lowest BCUT2D eigenvalue weighted by Crippen LogP contribution is -2.15. The number of pyridine rings is 1. The van der Waals surface area contributed by atoms with E-state index in [4.69, 9.17) is 11.6 Å². The van der Waals surface area contributed by atoms with E-state index in [0.717, 1.165) is 22.2 Å². The first-order valence-corrected chi connectivity index (χ1v) is 9.00. The third-order valence-corrected chi connectivity index (χ3v) is 4.63. The van der Waals surface area contributed by atoms with Crippen LogP contribution in [0.2, 0.25) is 5.02 Å². The molecule has 2 N–H and O–H groups in total. The van der Waals surface area contributed by atoms with Crippen molar-refractivity contribution in [2.45, 2.75) is 6.92 Å². The highest BCUT2D eigenvalue weighted by atomic mass is 35.5. The normalized spacial score (nSPS) is 10.6. The van der Waals surface area contributed by atoms with Crippen molar-refractivity contribution in [3.05, 3.63) is 83.1 Å². The molecule has 0 radical (unpaired) electrons. The molecule has 0 spiro atoms. The molecule has 6 nitrogen and oxygen atoms in total. The van der Waals surface area contributed by atoms with Gasteiger partial charge in [-0.3, -0.25) is 9.78 Å². The zero-order chi connectivity index (χ0) is 19.5. The second kappa shape index (κ2) is 7.62. The Morgan fingerprint density at radius 2 is 1.86 bits per heavy atom. The maximum Gasteiger partial charge on any atom is 0.276 e. The van der Waals surface area contributed by atoms with Crippen LogP contribution in [0.25, 0.3) is 10.9 Å². The Morgan fingerprint density at radius 1 is 1.00 bits per heavy atom. The van der Waals surface area contributed by atoms with Crippen LogP contribution in [0.5, 0.6) is 0 Å². The molecule has 2 aromatic carbocycles. The van der Waals surface area contributed by atoms with E-state index < -0.39 is 0 Å². The smallest absolute Gasteiger partial charge is 0.276 e. The van der Waals surface area contributed by atoms with E-state index in [2.05, 4.69) is 25.8 Å². The molecule has 0 atom stereocenters. The molecule has 0 aliphatic heterocycles. The van der Waals surface area contributed by atoms with Crippen LogP contribution in [0.15, 0.2) is 66.9 Å². The zero-order valence-corrected chi connectivity index (χ0v) is 15.7. The fourth-order valence-corrected chi connectivity index (χ4v) is 2.91. The summed E-state index contributed by atoms with van der Waals surface area (Å²) in [6.07, 6.45) is 1.69. The molecule has 0 bridgehead atoms. The van der Waals surface area contributed by atoms with Gasteiger partial charge in [0.15, 0.2) is 11.5 Å². The number of hydrogen-bond acceptors (Lipinski definition) is 5. The summed E-state index contributed by atoms with van der Waals surface area (Å²) in [5, 5.41) is 15.6. The van der Waals surface area contributed by atoms with Crippen molar-refractivity contribution >= 4 is 45.6 Å². The van der Waals surface area contributed by atoms with E-state index in [9.17, 15) is 4.79 Å². The summed E-state index contributed by atoms with van der Waals surface area (Å²) < 4.78 is 0. The monoisotopic (exact) mass is 389 g/mol. The van der Waals surface area contributed by atoms with Crippen molar-refractivity contribution in [3.8, 4) is 0 Å². The number of hydrogen-bond donors (Lipinski definition) is 2. The first-order valence-electron chi connectivity index (χ1n) is 8.62. The number of aromatic nitrogens is 3. The number of halogens is 1. The van der Waals surface area contributed by atoms with Gasteiger partial charge in [0.2, 0.25) is 0 Å². The molecule has 4 rings (SSSR count). The summed E-state index contributed by atoms with van der Waals surface area (Å²) in [6.45, 7) is 1.94. The highest BCUT2D eigenvalue weighted by molar-refractivity contribution is 6.31. The van der Waals surface area contributed by atoms with Crippen molar-refractivity contribution in [2.75, 3.05) is 10.6 Å². The van der Waals surface area contributed by atoms with Crippen molar-refractivity contribution in [2.24, 2.45) is 0 Å². The Bertz CT molecular complexity index is 1160. The van der Waals surface area contributed by atoms with Crippen molar-refractivity contribution in [1.82, 2.24) is 15.2 Å². The molecule has 0 aliphatic carbocycles. The first kappa shape index (κ1) is 17.9. The van der Waals surface area contributed by atoms with E-state index in [1.165, 1.54) is 0 Å². The first-order chi connectivity index (χ1) is 13.6. The predicted octanol–water partition coefficient (Wildman–Crippen LogP) is 4.98. The Morgan fingerprint density at radius 3 is 2.64 bits per heavy atom. The second-order valence-corrected chi connectivity index (χ2v) is 6.63. The molecule has 138 valence electrons. The Kier molecular flexibility index (Phi) is 4.87. The summed E-state index contributed by atoms with van der Waals surface area (Å²) in [4.78, 5) is 16.9. The summed E-state index contributed by atoms with van der Waals surface area (Å²) in [5.41, 5.74) is 3.35. The third-order valence-electron chi connectivity index (χ3n) is 4.22. The molecule has 7 heteroatoms. The van der Waals surface area contributed by atoms with Crippen LogP contribution in [0.4, 0.5) is 17.2 Å². The van der Waals surface area contributed by atoms with E-state index >= 15 is 0 Å². The minimum absolute atomic E-state index is 0.209. The maximum atomic E-state index is 12.5. The van der Waals surface area contributed by atoms with Gasteiger partial charge in [0, 0.05) is 22.3 Å². The summed E-state index contributed by atoms with van der Waals surface area (Å²) in [6, 6.07) is 18.3. The number of rotatable bonds is 4. The SMILES string of the molecule is Cc1ccc(Nc2ccc(C(=O)Nc3cccc4cccnc34)nn2)cc1Cl. The molecule has 0 aliphatic rings. The Balaban J connectivity index is 1.50. The van der Waals surface area contributed by atoms with Gasteiger partial charge in [-0.15, -0.1) is 10.2 Å². The van der Waals surface area contributed by atoms with E-state index in [1.807, 2.05) is 49.4 Å². The molecule has 1 amide bonds. The topological polar surface area (TPSA) is 79.8 Å². The minimum Gasteiger partial charge on any atom is -0.339 e. The molecule has 4 aromatic rings. The molecule has 0 saturated heterocycles. The van der Waals surface area contributed by atoms with Gasteiger partial charge in [-0.2, -0.15) is 0 Å². The van der Waals surface area contributed by atoms with E-state index in [0.29, 0.717) is 16.5 Å². The van der Waals surface area contributed by atoms with Crippen LogP contribution in [-0.2, 0) is 0 Å². The average Bonchev–Trinajstić information content (AvgIpc) is 2.71. The molecule has 28 heavy (non-hydrogen) atoms. The standard InChI is InChI=1S/C21H16ClN5O/c1-13-7-8-15(12-16(13)22)24-19-10-9-18(26-27-19)21(28)25-17-6-2-4-14-5-3-11-23-20(14)17/h2-12H,1H3,(H,24,27)(H,25,28). The number of benzene rings is 2. The molecular formula is C21H16ClN5O. The van der Waals surface area contributed by atoms with Gasteiger partial charge in [-0.05, 0) is 48.9 Å². The van der Waals surface area contributed by atoms with Crippen LogP contribution in [0.3, 0.4) is 0 Å². The third kappa shape index (κ3) is 3.77. The number of amides is 1. The van der Waals surface area contributed by atoms with Gasteiger partial charge in [0.1, 0.15) is 0 Å². The second-order valence-electron chi connectivity index (χ2n) is 6.23. The van der Waals surface area contributed by atoms with Crippen molar-refractivity contribution in [1.29, 1.82) is 0 Å². The van der Waals surface area contributed by atoms with Gasteiger partial charge in [-0.25, -0.2) is 0 Å². The minimum atomic E-state index is -0.351. The summed E-state index contributed by atoms with van der Waals surface area (Å²) in [7, 11) is 0. The number of carbonyl (C=O) groups excluding carboxylic acids is 1. The number of aryl methyl sites for hydroxylation is 1. The zero-order valence-electron chi connectivity index (χ0n) is 15.0. The largest absolute Gasteiger partial charge is 0.339 e. The highest BCUT2D eigenvalue weighted by Gasteiger charge is 2.11. The Labute approximate surface area is 166 Å². The van der Waals surface area contributed by atoms with E-state index in [-0.39, 0.29) is 11.6 Å². The van der Waals surface area contributed by atoms with Crippen LogP contribution in [-0.4, -0.2) is 21.1 Å².